The molecule has 20 heavy (non-hydrogen) atoms. The number of anilines is 1. The van der Waals surface area contributed by atoms with Gasteiger partial charge < -0.3 is 9.84 Å². The van der Waals surface area contributed by atoms with Gasteiger partial charge in [-0.1, -0.05) is 30.3 Å². The van der Waals surface area contributed by atoms with Gasteiger partial charge in [-0.05, 0) is 5.56 Å². The number of carboxylic acids is 1. The molecule has 2 rings (SSSR count). The van der Waals surface area contributed by atoms with Crippen molar-refractivity contribution in [2.75, 3.05) is 5.32 Å². The molecule has 0 saturated heterocycles. The zero-order chi connectivity index (χ0) is 14.4. The molecule has 0 bridgehead atoms. The van der Waals surface area contributed by atoms with E-state index >= 15 is 0 Å². The van der Waals surface area contributed by atoms with Crippen LogP contribution in [0.3, 0.4) is 0 Å². The van der Waals surface area contributed by atoms with Gasteiger partial charge in [-0.3, -0.25) is 5.32 Å². The molecule has 102 valence electrons. The molecule has 0 atom stereocenters. The molecule has 0 aliphatic carbocycles. The molecular formula is C13H11N3O4. The van der Waals surface area contributed by atoms with Crippen molar-refractivity contribution in [1.29, 1.82) is 0 Å². The SMILES string of the molecule is O=C(Nc1cnc(C(=O)O)nc1)OCc1ccccc1. The highest BCUT2D eigenvalue weighted by molar-refractivity contribution is 5.85. The number of hydrogen-bond donors (Lipinski definition) is 2. The molecule has 0 fully saturated rings. The summed E-state index contributed by atoms with van der Waals surface area (Å²) in [5, 5.41) is 11.0. The summed E-state index contributed by atoms with van der Waals surface area (Å²) in [6.45, 7) is 0.140. The average Bonchev–Trinajstić information content (AvgIpc) is 2.47. The molecule has 7 nitrogen and oxygen atoms in total. The largest absolute Gasteiger partial charge is 0.475 e. The van der Waals surface area contributed by atoms with Crippen molar-refractivity contribution in [3.8, 4) is 0 Å². The predicted octanol–water partition coefficient (Wildman–Crippen LogP) is 1.92. The molecule has 1 heterocycles. The first kappa shape index (κ1) is 13.5. The molecule has 2 aromatic rings. The van der Waals surface area contributed by atoms with Crippen molar-refractivity contribution in [1.82, 2.24) is 9.97 Å². The maximum absolute atomic E-state index is 11.5. The fourth-order valence-electron chi connectivity index (χ4n) is 1.38. The summed E-state index contributed by atoms with van der Waals surface area (Å²) in [5.74, 6) is -1.57. The Morgan fingerprint density at radius 3 is 2.40 bits per heavy atom. The minimum atomic E-state index is -1.23. The van der Waals surface area contributed by atoms with Gasteiger partial charge in [-0.25, -0.2) is 19.6 Å². The van der Waals surface area contributed by atoms with Crippen molar-refractivity contribution in [2.24, 2.45) is 0 Å². The second kappa shape index (κ2) is 6.28. The van der Waals surface area contributed by atoms with Crippen LogP contribution in [0.2, 0.25) is 0 Å². The Labute approximate surface area is 114 Å². The van der Waals surface area contributed by atoms with Crippen LogP contribution in [-0.2, 0) is 11.3 Å². The Kier molecular flexibility index (Phi) is 4.23. The summed E-state index contributed by atoms with van der Waals surface area (Å²) in [5.41, 5.74) is 1.12. The van der Waals surface area contributed by atoms with Crippen LogP contribution < -0.4 is 5.32 Å². The first-order valence-electron chi connectivity index (χ1n) is 5.68. The highest BCUT2D eigenvalue weighted by Crippen LogP contribution is 2.05. The summed E-state index contributed by atoms with van der Waals surface area (Å²) in [6, 6.07) is 9.21. The van der Waals surface area contributed by atoms with Gasteiger partial charge in [0.1, 0.15) is 6.61 Å². The highest BCUT2D eigenvalue weighted by Gasteiger charge is 2.08. The van der Waals surface area contributed by atoms with Crippen molar-refractivity contribution in [3.05, 3.63) is 54.1 Å². The minimum Gasteiger partial charge on any atom is -0.475 e. The van der Waals surface area contributed by atoms with Crippen molar-refractivity contribution in [3.63, 3.8) is 0 Å². The highest BCUT2D eigenvalue weighted by atomic mass is 16.5. The maximum atomic E-state index is 11.5. The molecule has 0 radical (unpaired) electrons. The number of aromatic nitrogens is 2. The lowest BCUT2D eigenvalue weighted by Gasteiger charge is -2.06. The smallest absolute Gasteiger partial charge is 0.412 e. The number of carbonyl (C=O) groups is 2. The molecule has 1 aromatic carbocycles. The first-order valence-corrected chi connectivity index (χ1v) is 5.68. The fourth-order valence-corrected chi connectivity index (χ4v) is 1.38. The Morgan fingerprint density at radius 2 is 1.80 bits per heavy atom. The molecule has 1 amide bonds. The number of ether oxygens (including phenoxy) is 1. The summed E-state index contributed by atoms with van der Waals surface area (Å²) < 4.78 is 4.99. The van der Waals surface area contributed by atoms with Gasteiger partial charge in [0.25, 0.3) is 0 Å². The number of rotatable bonds is 4. The Morgan fingerprint density at radius 1 is 1.15 bits per heavy atom. The van der Waals surface area contributed by atoms with Crippen LogP contribution in [0.15, 0.2) is 42.7 Å². The maximum Gasteiger partial charge on any atom is 0.412 e. The van der Waals surface area contributed by atoms with E-state index in [1.54, 1.807) is 0 Å². The van der Waals surface area contributed by atoms with Crippen LogP contribution in [0, 0.1) is 0 Å². The molecule has 0 aliphatic heterocycles. The summed E-state index contributed by atoms with van der Waals surface area (Å²) in [6.07, 6.45) is 1.72. The van der Waals surface area contributed by atoms with Crippen LogP contribution in [0.5, 0.6) is 0 Å². The van der Waals surface area contributed by atoms with Gasteiger partial charge in [0, 0.05) is 0 Å². The second-order valence-corrected chi connectivity index (χ2v) is 3.79. The number of amides is 1. The quantitative estimate of drug-likeness (QED) is 0.882. The lowest BCUT2D eigenvalue weighted by Crippen LogP contribution is -2.14. The van der Waals surface area contributed by atoms with Crippen LogP contribution in [-0.4, -0.2) is 27.1 Å². The van der Waals surface area contributed by atoms with E-state index in [2.05, 4.69) is 15.3 Å². The van der Waals surface area contributed by atoms with E-state index in [-0.39, 0.29) is 18.1 Å². The third-order valence-corrected chi connectivity index (χ3v) is 2.30. The number of carbonyl (C=O) groups excluding carboxylic acids is 1. The van der Waals surface area contributed by atoms with Crippen LogP contribution in [0.1, 0.15) is 16.2 Å². The zero-order valence-electron chi connectivity index (χ0n) is 10.3. The minimum absolute atomic E-state index is 0.140. The molecule has 7 heteroatoms. The van der Waals surface area contributed by atoms with Gasteiger partial charge in [0.15, 0.2) is 0 Å². The molecule has 0 aliphatic rings. The molecular weight excluding hydrogens is 262 g/mol. The van der Waals surface area contributed by atoms with E-state index in [0.717, 1.165) is 5.56 Å². The van der Waals surface area contributed by atoms with Gasteiger partial charge in [-0.15, -0.1) is 0 Å². The third-order valence-electron chi connectivity index (χ3n) is 2.30. The van der Waals surface area contributed by atoms with Crippen molar-refractivity contribution < 1.29 is 19.4 Å². The predicted molar refractivity (Wildman–Crippen MR) is 69.2 cm³/mol. The Hall–Kier alpha value is -2.96. The number of hydrogen-bond acceptors (Lipinski definition) is 5. The Bertz CT molecular complexity index is 599. The van der Waals surface area contributed by atoms with Gasteiger partial charge in [0.2, 0.25) is 5.82 Å². The van der Waals surface area contributed by atoms with Gasteiger partial charge in [-0.2, -0.15) is 0 Å². The Balaban J connectivity index is 1.86. The fraction of sp³-hybridized carbons (Fsp3) is 0.0769. The third kappa shape index (κ3) is 3.77. The van der Waals surface area contributed by atoms with E-state index in [9.17, 15) is 9.59 Å². The van der Waals surface area contributed by atoms with E-state index in [0.29, 0.717) is 0 Å². The van der Waals surface area contributed by atoms with Crippen LogP contribution >= 0.6 is 0 Å². The van der Waals surface area contributed by atoms with Crippen LogP contribution in [0.4, 0.5) is 10.5 Å². The topological polar surface area (TPSA) is 101 Å². The summed E-state index contributed by atoms with van der Waals surface area (Å²) in [4.78, 5) is 29.2. The lowest BCUT2D eigenvalue weighted by atomic mass is 10.2. The number of benzene rings is 1. The van der Waals surface area contributed by atoms with E-state index in [4.69, 9.17) is 9.84 Å². The summed E-state index contributed by atoms with van der Waals surface area (Å²) in [7, 11) is 0. The molecule has 2 N–H and O–H groups in total. The van der Waals surface area contributed by atoms with Gasteiger partial charge >= 0.3 is 12.1 Å². The van der Waals surface area contributed by atoms with E-state index < -0.39 is 12.1 Å². The number of nitrogens with one attached hydrogen (secondary N) is 1. The first-order chi connectivity index (χ1) is 9.65. The molecule has 0 saturated carbocycles. The monoisotopic (exact) mass is 273 g/mol. The molecule has 0 unspecified atom stereocenters. The van der Waals surface area contributed by atoms with Gasteiger partial charge in [0.05, 0.1) is 18.1 Å². The normalized spacial score (nSPS) is 9.80. The molecule has 0 spiro atoms. The van der Waals surface area contributed by atoms with Crippen LogP contribution in [0.25, 0.3) is 0 Å². The second-order valence-electron chi connectivity index (χ2n) is 3.79. The molecule has 1 aromatic heterocycles. The van der Waals surface area contributed by atoms with Crippen molar-refractivity contribution >= 4 is 17.7 Å². The number of nitrogens with zero attached hydrogens (tertiary/aromatic N) is 2. The standard InChI is InChI=1S/C13H11N3O4/c17-12(18)11-14-6-10(7-15-11)16-13(19)20-8-9-4-2-1-3-5-9/h1-7H,8H2,(H,16,19)(H,17,18). The zero-order valence-corrected chi connectivity index (χ0v) is 10.3. The lowest BCUT2D eigenvalue weighted by molar-refractivity contribution is 0.0683. The van der Waals surface area contributed by atoms with Crippen molar-refractivity contribution in [2.45, 2.75) is 6.61 Å². The average molecular weight is 273 g/mol. The summed E-state index contributed by atoms with van der Waals surface area (Å²) >= 11 is 0. The van der Waals surface area contributed by atoms with E-state index in [1.165, 1.54) is 12.4 Å². The number of aromatic carboxylic acids is 1. The number of carboxylic acid groups (broad SMARTS) is 1. The van der Waals surface area contributed by atoms with E-state index in [1.807, 2.05) is 30.3 Å².